The van der Waals surface area contributed by atoms with E-state index < -0.39 is 24.1 Å². The average molecular weight is 2220 g/mol. The first kappa shape index (κ1) is 126. The van der Waals surface area contributed by atoms with Crippen molar-refractivity contribution >= 4 is 288 Å². The van der Waals surface area contributed by atoms with Gasteiger partial charge in [-0.1, -0.05) is 47.5 Å². The molecule has 0 spiro atoms. The number of unbranched alkanes of at least 4 members (excludes halogenated alkanes) is 2. The van der Waals surface area contributed by atoms with Crippen molar-refractivity contribution in [3.05, 3.63) is 217 Å². The molecule has 0 saturated carbocycles. The van der Waals surface area contributed by atoms with Gasteiger partial charge in [-0.2, -0.15) is 18.6 Å². The van der Waals surface area contributed by atoms with Crippen molar-refractivity contribution in [1.82, 2.24) is 20.0 Å². The fraction of sp³-hybridized carbons (Fsp3) is 0.446. The van der Waals surface area contributed by atoms with Gasteiger partial charge in [0.25, 0.3) is 34.8 Å². The number of hydrazone groups is 1. The van der Waals surface area contributed by atoms with Crippen LogP contribution in [0.15, 0.2) is 186 Å². The van der Waals surface area contributed by atoms with Crippen molar-refractivity contribution < 1.29 is 76.8 Å². The molecule has 0 radical (unpaired) electrons. The first-order valence-corrected chi connectivity index (χ1v) is 62.6. The average Bonchev–Trinajstić information content (AvgIpc) is 1.20. The summed E-state index contributed by atoms with van der Waals surface area (Å²) < 4.78 is 22.0. The van der Waals surface area contributed by atoms with Crippen molar-refractivity contribution in [2.24, 2.45) is 5.10 Å². The van der Waals surface area contributed by atoms with Crippen molar-refractivity contribution in [1.29, 1.82) is 0 Å². The number of ether oxygens (including phenoxy) is 5. The van der Waals surface area contributed by atoms with E-state index in [0.29, 0.717) is 133 Å². The number of non-ortho nitro benzene ring substituents is 3. The zero-order valence-electron chi connectivity index (χ0n) is 79.2. The molecule has 0 atom stereocenters. The summed E-state index contributed by atoms with van der Waals surface area (Å²) in [5, 5.41) is 37.4. The molecule has 35 nitrogen and oxygen atoms in total. The number of nitrogens with zero attached hydrogens (tertiary/aromatic N) is 12. The van der Waals surface area contributed by atoms with Crippen molar-refractivity contribution in [2.45, 2.75) is 110 Å². The van der Waals surface area contributed by atoms with Crippen LogP contribution >= 0.6 is 131 Å². The number of aryl methyl sites for hydroxylation is 1. The number of alkyl halides is 2. The number of piperidine rings is 2. The van der Waals surface area contributed by atoms with Crippen LogP contribution in [-0.2, 0) is 62.0 Å². The summed E-state index contributed by atoms with van der Waals surface area (Å²) in [6.45, 7) is 19.8. The van der Waals surface area contributed by atoms with E-state index >= 15 is 0 Å². The molecule has 9 heterocycles. The molecule has 764 valence electrons. The van der Waals surface area contributed by atoms with Crippen LogP contribution in [0.4, 0.5) is 62.6 Å². The van der Waals surface area contributed by atoms with Gasteiger partial charge in [0.1, 0.15) is 0 Å². The number of nitrogens with two attached hydrogens (primary N) is 2. The molecule has 0 aliphatic carbocycles. The van der Waals surface area contributed by atoms with Crippen molar-refractivity contribution in [3.63, 3.8) is 0 Å². The Morgan fingerprint density at radius 3 is 1.01 bits per heavy atom. The number of anilines is 8. The molecule has 6 aromatic rings. The summed E-state index contributed by atoms with van der Waals surface area (Å²) in [5.74, 6) is 0.957. The standard InChI is InChI=1S/C20H25N3O3.C15H17N3O4.C15H19N3O2.C11H13ClN2O2.C11H12N2O3.C6H6N2O2.2C5H8Cl2O.C4H9NO.Cl5P.2Na.H2S/c24-19-5-1-2-10-22(19)16-6-8-17(9-7-16)23-11-3-4-18(20(23)25)21-12-14-26-15-13-21;19-15-14(16-8-10-22-11-9-16)2-1-7-17(15)12-3-5-13(6-4-12)18(20)21;16-12-3-5-13(6-4-12)18-7-1-2-14(15(18)19)17-8-10-20-11-9-17;1-3-16-11(15)10(12)14-13-9-6-4-8(2)5-7-9;14-11-3-1-2-8-12(11)9-4-6-10(7-5-9)13(15)16;7-5-1-3-6(4-2-5)8(9)10;2*6-4-2-1-3-5(7)8;1-3-6-4-2-5-1;1-6(2,3,4)5;;;/h4,6-9H,1-3,5,10-15H2;2-6H,1,7-11H2;2-6H,1,7-11,16H2;4-7,13H,3H2,1-2H3;4-7H,1-3,8H2;1-4H,7H2;2*1-4H2;5H,1-4H2;;;;1H2/b;;;14-10-;;;;;;;;;. The number of nitrogen functional groups attached to an aromatic ring is 2. The number of hydrogen-bond donors (Lipinski definition) is 4. The van der Waals surface area contributed by atoms with Gasteiger partial charge in [0.05, 0.1) is 97.0 Å². The fourth-order valence-electron chi connectivity index (χ4n) is 13.9. The maximum atomic E-state index is 13.0. The van der Waals surface area contributed by atoms with E-state index in [9.17, 15) is 68.7 Å². The van der Waals surface area contributed by atoms with Gasteiger partial charge in [-0.25, -0.2) is 4.79 Å². The number of hydrogen-bond acceptors (Lipinski definition) is 27. The number of nitrogens with one attached hydrogen (secondary N) is 2. The minimum absolute atomic E-state index is 0. The monoisotopic (exact) mass is 2210 g/mol. The van der Waals surface area contributed by atoms with Crippen LogP contribution in [0.5, 0.6) is 0 Å². The summed E-state index contributed by atoms with van der Waals surface area (Å²) in [6, 6.07) is 40.8. The molecule has 6 N–H and O–H groups in total. The number of rotatable bonds is 23. The van der Waals surface area contributed by atoms with Gasteiger partial charge in [-0.15, -0.1) is 23.2 Å². The number of nitro benzene ring substituents is 3. The number of benzene rings is 6. The topological polar surface area (TPSA) is 427 Å². The number of amides is 5. The van der Waals surface area contributed by atoms with Crippen LogP contribution in [0.1, 0.15) is 109 Å². The molecular weight excluding hydrogens is 2100 g/mol. The van der Waals surface area contributed by atoms with Gasteiger partial charge in [0, 0.05) is 199 Å². The van der Waals surface area contributed by atoms with Crippen LogP contribution in [0.3, 0.4) is 0 Å². The van der Waals surface area contributed by atoms with Gasteiger partial charge in [0.15, 0.2) is 0 Å². The zero-order valence-corrected chi connectivity index (χ0v) is 92.6. The van der Waals surface area contributed by atoms with E-state index in [1.807, 2.05) is 118 Å². The van der Waals surface area contributed by atoms with Crippen molar-refractivity contribution in [3.8, 4) is 0 Å². The predicted molar refractivity (Wildman–Crippen MR) is 573 cm³/mol. The van der Waals surface area contributed by atoms with E-state index in [1.54, 1.807) is 41.0 Å². The fourth-order valence-corrected chi connectivity index (χ4v) is 14.6. The van der Waals surface area contributed by atoms with Gasteiger partial charge in [-0.3, -0.25) is 69.3 Å². The molecule has 0 bridgehead atoms. The first-order valence-electron chi connectivity index (χ1n) is 45.7. The molecule has 6 fully saturated rings. The molecule has 6 saturated heterocycles. The van der Waals surface area contributed by atoms with Crippen molar-refractivity contribution in [2.75, 3.05) is 198 Å². The predicted octanol–water partition coefficient (Wildman–Crippen LogP) is 18.3. The summed E-state index contributed by atoms with van der Waals surface area (Å²) >= 11 is 54.1. The number of morpholine rings is 4. The molecule has 0 unspecified atom stereocenters. The molecule has 0 aromatic heterocycles. The summed E-state index contributed by atoms with van der Waals surface area (Å²) in [4.78, 5) is 138. The third kappa shape index (κ3) is 50.2. The SMILES string of the molecule is C1COCCN1.CCOC(=O)/C(Cl)=N/Nc1ccc(C)cc1.ClP(Cl)(Cl)(Cl)Cl.Nc1ccc(N2CCC=C(N3CCOCC3)C2=O)cc1.Nc1ccc([N+](=O)[O-])cc1.O=C(Cl)CCCCCl.O=C(Cl)CCCCCl.O=C1C(N2CCOCC2)=CCCN1c1ccc([N+](=O)[O-])cc1.O=C1CCCCN1c1ccc(N2CCC=C(N3CCOCC3)C2=O)cc1.O=C1CCCCN1c1ccc([N+](=O)[O-])cc1.S.[Na][Na]. The second-order valence-corrected chi connectivity index (χ2v) is 49.5. The van der Waals surface area contributed by atoms with Crippen LogP contribution in [0.25, 0.3) is 0 Å². The number of carbonyl (C=O) groups excluding carboxylic acids is 8. The first-order chi connectivity index (χ1) is 66.9. The van der Waals surface area contributed by atoms with Gasteiger partial charge < -0.3 is 79.7 Å². The van der Waals surface area contributed by atoms with Gasteiger partial charge in [0.2, 0.25) is 27.5 Å². The number of halogens is 10. The van der Waals surface area contributed by atoms with E-state index in [1.165, 1.54) is 92.1 Å². The second-order valence-electron chi connectivity index (χ2n) is 30.9. The Morgan fingerprint density at radius 1 is 0.447 bits per heavy atom. The van der Waals surface area contributed by atoms with Crippen LogP contribution in [-0.4, -0.2) is 281 Å². The minimum atomic E-state index is -3.69. The molecule has 9 aliphatic rings. The van der Waals surface area contributed by atoms with Crippen LogP contribution in [0.2, 0.25) is 0 Å². The molecule has 141 heavy (non-hydrogen) atoms. The molecule has 9 aliphatic heterocycles. The molecule has 6 aromatic carbocycles. The normalized spacial score (nSPS) is 16.5. The Kier molecular flexibility index (Phi) is 62.5. The quantitative estimate of drug-likeness (QED) is 0.00442. The third-order valence-electron chi connectivity index (χ3n) is 20.8. The summed E-state index contributed by atoms with van der Waals surface area (Å²) in [6.07, 6.45) is 18.0. The Labute approximate surface area is 906 Å². The second kappa shape index (κ2) is 69.8. The third-order valence-corrected chi connectivity index (χ3v) is 22.0. The van der Waals surface area contributed by atoms with E-state index in [-0.39, 0.29) is 82.4 Å². The van der Waals surface area contributed by atoms with Crippen LogP contribution < -0.4 is 46.7 Å². The van der Waals surface area contributed by atoms with E-state index in [2.05, 4.69) is 30.4 Å². The Morgan fingerprint density at radius 2 is 0.738 bits per heavy atom. The maximum absolute atomic E-state index is 13.0. The molecule has 5 amide bonds. The summed E-state index contributed by atoms with van der Waals surface area (Å²) in [5.41, 5.74) is 23.4. The zero-order chi connectivity index (χ0) is 103. The van der Waals surface area contributed by atoms with Crippen LogP contribution in [0, 0.1) is 37.3 Å². The number of nitro groups is 3. The van der Waals surface area contributed by atoms with E-state index in [0.717, 1.165) is 182 Å². The Hall–Kier alpha value is -7.15. The molecule has 49 heteroatoms. The van der Waals surface area contributed by atoms with Gasteiger partial charge >= 0.3 is 109 Å². The summed E-state index contributed by atoms with van der Waals surface area (Å²) in [7, 11) is 0. The van der Waals surface area contributed by atoms with Gasteiger partial charge in [-0.05, 0) is 205 Å². The molecule has 15 rings (SSSR count). The molecular formula is C92H119Cl10N16Na2O19PS. The van der Waals surface area contributed by atoms with E-state index in [4.69, 9.17) is 145 Å². The number of carbonyl (C=O) groups is 8. The number of esters is 1. The Balaban J connectivity index is 0.000000337. The Bertz CT molecular complexity index is 4970.